The molecular formula is C19H13ClFNO5. The number of carbonyl (C=O) groups is 2. The summed E-state index contributed by atoms with van der Waals surface area (Å²) >= 11 is 6.16. The number of nitrogens with zero attached hydrogens (tertiary/aromatic N) is 1. The van der Waals surface area contributed by atoms with Crippen LogP contribution in [-0.2, 0) is 17.8 Å². The van der Waals surface area contributed by atoms with Crippen LogP contribution in [0.15, 0.2) is 47.4 Å². The number of halogens is 2. The molecule has 0 aliphatic carbocycles. The standard InChI is InChI=1S/C19H13ClFNO5/c20-14-4-2-1-3-10(14)8-22-9-13(19(26)27)18(25)12-7-15(21)11(5-16(12)22)6-17(23)24/h1-5,7,9H,6,8H2,(H,23,24)(H,26,27). The van der Waals surface area contributed by atoms with Gasteiger partial charge < -0.3 is 14.8 Å². The molecule has 0 amide bonds. The first-order valence-corrected chi connectivity index (χ1v) is 8.19. The van der Waals surface area contributed by atoms with Gasteiger partial charge in [-0.15, -0.1) is 0 Å². The molecule has 0 aliphatic heterocycles. The predicted molar refractivity (Wildman–Crippen MR) is 97.0 cm³/mol. The third-order valence-electron chi connectivity index (χ3n) is 4.12. The van der Waals surface area contributed by atoms with Crippen LogP contribution in [0.3, 0.4) is 0 Å². The van der Waals surface area contributed by atoms with Crippen LogP contribution in [0, 0.1) is 5.82 Å². The number of aliphatic carboxylic acids is 1. The highest BCUT2D eigenvalue weighted by Gasteiger charge is 2.18. The van der Waals surface area contributed by atoms with Gasteiger partial charge in [0.2, 0.25) is 5.43 Å². The molecule has 0 unspecified atom stereocenters. The molecule has 0 aliphatic rings. The van der Waals surface area contributed by atoms with Crippen LogP contribution in [0.2, 0.25) is 5.02 Å². The Labute approximate surface area is 157 Å². The van der Waals surface area contributed by atoms with Crippen LogP contribution in [0.1, 0.15) is 21.5 Å². The maximum Gasteiger partial charge on any atom is 0.341 e. The minimum absolute atomic E-state index is 0.106. The molecular weight excluding hydrogens is 377 g/mol. The Morgan fingerprint density at radius 3 is 2.44 bits per heavy atom. The molecule has 1 heterocycles. The minimum Gasteiger partial charge on any atom is -0.481 e. The molecule has 0 fully saturated rings. The van der Waals surface area contributed by atoms with E-state index in [1.54, 1.807) is 24.3 Å². The zero-order chi connectivity index (χ0) is 19.7. The molecule has 0 radical (unpaired) electrons. The predicted octanol–water partition coefficient (Wildman–Crippen LogP) is 3.17. The highest BCUT2D eigenvalue weighted by Crippen LogP contribution is 2.22. The van der Waals surface area contributed by atoms with Crippen molar-refractivity contribution in [2.75, 3.05) is 0 Å². The van der Waals surface area contributed by atoms with Crippen molar-refractivity contribution >= 4 is 34.4 Å². The van der Waals surface area contributed by atoms with Gasteiger partial charge in [0.15, 0.2) is 0 Å². The number of carboxylic acids is 2. The lowest BCUT2D eigenvalue weighted by atomic mass is 10.0. The van der Waals surface area contributed by atoms with Crippen LogP contribution in [0.4, 0.5) is 4.39 Å². The van der Waals surface area contributed by atoms with Crippen molar-refractivity contribution in [2.24, 2.45) is 0 Å². The zero-order valence-electron chi connectivity index (χ0n) is 13.8. The van der Waals surface area contributed by atoms with E-state index in [1.165, 1.54) is 10.6 Å². The first-order valence-electron chi connectivity index (χ1n) is 7.82. The second-order valence-corrected chi connectivity index (χ2v) is 6.33. The number of carboxylic acid groups (broad SMARTS) is 2. The van der Waals surface area contributed by atoms with Crippen molar-refractivity contribution in [3.8, 4) is 0 Å². The molecule has 0 atom stereocenters. The van der Waals surface area contributed by atoms with E-state index in [0.29, 0.717) is 10.6 Å². The van der Waals surface area contributed by atoms with E-state index in [0.717, 1.165) is 12.3 Å². The van der Waals surface area contributed by atoms with E-state index in [-0.39, 0.29) is 23.0 Å². The Balaban J connectivity index is 2.30. The van der Waals surface area contributed by atoms with Crippen molar-refractivity contribution in [1.29, 1.82) is 0 Å². The number of aromatic carboxylic acids is 1. The average Bonchev–Trinajstić information content (AvgIpc) is 2.59. The van der Waals surface area contributed by atoms with E-state index >= 15 is 0 Å². The Bertz CT molecular complexity index is 1140. The SMILES string of the molecule is O=C(O)Cc1cc2c(cc1F)c(=O)c(C(=O)O)cn2Cc1ccccc1Cl. The van der Waals surface area contributed by atoms with Gasteiger partial charge in [-0.05, 0) is 23.8 Å². The summed E-state index contributed by atoms with van der Waals surface area (Å²) in [5.41, 5.74) is -0.578. The van der Waals surface area contributed by atoms with Gasteiger partial charge in [-0.25, -0.2) is 9.18 Å². The lowest BCUT2D eigenvalue weighted by Gasteiger charge is -2.15. The summed E-state index contributed by atoms with van der Waals surface area (Å²) in [5, 5.41) is 18.5. The summed E-state index contributed by atoms with van der Waals surface area (Å²) in [7, 11) is 0. The minimum atomic E-state index is -1.44. The van der Waals surface area contributed by atoms with Crippen molar-refractivity contribution in [3.05, 3.63) is 80.3 Å². The van der Waals surface area contributed by atoms with E-state index in [4.69, 9.17) is 16.7 Å². The van der Waals surface area contributed by atoms with Crippen LogP contribution in [-0.4, -0.2) is 26.7 Å². The van der Waals surface area contributed by atoms with Gasteiger partial charge in [-0.1, -0.05) is 29.8 Å². The Morgan fingerprint density at radius 1 is 1.11 bits per heavy atom. The second-order valence-electron chi connectivity index (χ2n) is 5.93. The molecule has 138 valence electrons. The molecule has 8 heteroatoms. The van der Waals surface area contributed by atoms with Gasteiger partial charge in [0, 0.05) is 28.7 Å². The monoisotopic (exact) mass is 389 g/mol. The maximum atomic E-state index is 14.2. The second kappa shape index (κ2) is 7.20. The van der Waals surface area contributed by atoms with Crippen molar-refractivity contribution < 1.29 is 24.2 Å². The fraction of sp³-hybridized carbons (Fsp3) is 0.105. The van der Waals surface area contributed by atoms with Gasteiger partial charge in [0.1, 0.15) is 11.4 Å². The quantitative estimate of drug-likeness (QED) is 0.698. The first kappa shape index (κ1) is 18.6. The third-order valence-corrected chi connectivity index (χ3v) is 4.49. The summed E-state index contributed by atoms with van der Waals surface area (Å²) in [4.78, 5) is 34.8. The number of fused-ring (bicyclic) bond motifs is 1. The molecule has 2 N–H and O–H groups in total. The molecule has 0 saturated heterocycles. The lowest BCUT2D eigenvalue weighted by molar-refractivity contribution is -0.136. The Kier molecular flexibility index (Phi) is 4.96. The number of hydrogen-bond donors (Lipinski definition) is 2. The van der Waals surface area contributed by atoms with E-state index in [2.05, 4.69) is 0 Å². The third kappa shape index (κ3) is 3.68. The maximum absolute atomic E-state index is 14.2. The van der Waals surface area contributed by atoms with E-state index in [1.807, 2.05) is 0 Å². The summed E-state index contributed by atoms with van der Waals surface area (Å²) in [6.45, 7) is 0.120. The van der Waals surface area contributed by atoms with E-state index in [9.17, 15) is 23.9 Å². The molecule has 6 nitrogen and oxygen atoms in total. The van der Waals surface area contributed by atoms with Gasteiger partial charge in [0.05, 0.1) is 11.9 Å². The normalized spacial score (nSPS) is 10.9. The molecule has 0 bridgehead atoms. The number of benzene rings is 2. The largest absolute Gasteiger partial charge is 0.481 e. The molecule has 3 rings (SSSR count). The van der Waals surface area contributed by atoms with Gasteiger partial charge in [0.25, 0.3) is 0 Å². The summed E-state index contributed by atoms with van der Waals surface area (Å²) in [6.07, 6.45) is 0.585. The number of hydrogen-bond acceptors (Lipinski definition) is 3. The number of rotatable bonds is 5. The Morgan fingerprint density at radius 2 is 1.81 bits per heavy atom. The van der Waals surface area contributed by atoms with Crippen molar-refractivity contribution in [2.45, 2.75) is 13.0 Å². The summed E-state index contributed by atoms with van der Waals surface area (Å²) < 4.78 is 15.7. The van der Waals surface area contributed by atoms with E-state index < -0.39 is 35.2 Å². The first-order chi connectivity index (χ1) is 12.8. The molecule has 27 heavy (non-hydrogen) atoms. The lowest BCUT2D eigenvalue weighted by Crippen LogP contribution is -2.20. The van der Waals surface area contributed by atoms with Crippen LogP contribution < -0.4 is 5.43 Å². The zero-order valence-corrected chi connectivity index (χ0v) is 14.5. The van der Waals surface area contributed by atoms with Gasteiger partial charge >= 0.3 is 11.9 Å². The fourth-order valence-corrected chi connectivity index (χ4v) is 3.04. The van der Waals surface area contributed by atoms with Crippen LogP contribution in [0.5, 0.6) is 0 Å². The summed E-state index contributed by atoms with van der Waals surface area (Å²) in [5.74, 6) is -3.55. The smallest absolute Gasteiger partial charge is 0.341 e. The topological polar surface area (TPSA) is 96.6 Å². The van der Waals surface area contributed by atoms with Gasteiger partial charge in [-0.2, -0.15) is 0 Å². The highest BCUT2D eigenvalue weighted by molar-refractivity contribution is 6.31. The van der Waals surface area contributed by atoms with Crippen LogP contribution >= 0.6 is 11.6 Å². The number of pyridine rings is 1. The fourth-order valence-electron chi connectivity index (χ4n) is 2.85. The molecule has 0 saturated carbocycles. The van der Waals surface area contributed by atoms with Crippen molar-refractivity contribution in [1.82, 2.24) is 4.57 Å². The molecule has 0 spiro atoms. The number of aromatic nitrogens is 1. The molecule has 3 aromatic rings. The average molecular weight is 390 g/mol. The van der Waals surface area contributed by atoms with Crippen LogP contribution in [0.25, 0.3) is 10.9 Å². The Hall–Kier alpha value is -3.19. The van der Waals surface area contributed by atoms with Gasteiger partial charge in [-0.3, -0.25) is 9.59 Å². The highest BCUT2D eigenvalue weighted by atomic mass is 35.5. The summed E-state index contributed by atoms with van der Waals surface area (Å²) in [6, 6.07) is 9.01. The molecule has 2 aromatic carbocycles. The molecule has 1 aromatic heterocycles. The van der Waals surface area contributed by atoms with Crippen molar-refractivity contribution in [3.63, 3.8) is 0 Å².